The molecule has 0 unspecified atom stereocenters. The second-order valence-electron chi connectivity index (χ2n) is 10.1. The van der Waals surface area contributed by atoms with Gasteiger partial charge >= 0.3 is 5.97 Å². The van der Waals surface area contributed by atoms with E-state index in [0.29, 0.717) is 29.2 Å². The lowest BCUT2D eigenvalue weighted by molar-refractivity contribution is 0.0525. The SMILES string of the molecule is CCOC(=O)c1c(CN2CCN(c3ccc(C)cc3)CC2)n(C2CCCCC2)c2cc(Br)c(O)cc12. The summed E-state index contributed by atoms with van der Waals surface area (Å²) in [5.74, 6) is -0.154. The Bertz CT molecular complexity index is 1220. The van der Waals surface area contributed by atoms with Crippen molar-refractivity contribution in [3.8, 4) is 5.75 Å². The van der Waals surface area contributed by atoms with Crippen molar-refractivity contribution in [3.05, 3.63) is 57.7 Å². The van der Waals surface area contributed by atoms with E-state index in [0.717, 1.165) is 55.6 Å². The van der Waals surface area contributed by atoms with E-state index in [1.807, 2.05) is 13.0 Å². The zero-order chi connectivity index (χ0) is 25.2. The Morgan fingerprint density at radius 3 is 2.42 bits per heavy atom. The number of aryl methyl sites for hydroxylation is 1. The predicted octanol–water partition coefficient (Wildman–Crippen LogP) is 6.42. The van der Waals surface area contributed by atoms with Crippen molar-refractivity contribution in [1.29, 1.82) is 0 Å². The van der Waals surface area contributed by atoms with Gasteiger partial charge in [0.1, 0.15) is 5.75 Å². The summed E-state index contributed by atoms with van der Waals surface area (Å²) in [5.41, 5.74) is 5.18. The summed E-state index contributed by atoms with van der Waals surface area (Å²) in [6.45, 7) is 8.74. The van der Waals surface area contributed by atoms with Crippen LogP contribution in [-0.2, 0) is 11.3 Å². The smallest absolute Gasteiger partial charge is 0.340 e. The first kappa shape index (κ1) is 25.2. The normalized spacial score (nSPS) is 17.6. The van der Waals surface area contributed by atoms with Crippen LogP contribution in [0.2, 0.25) is 0 Å². The second kappa shape index (κ2) is 10.9. The number of aromatic hydroxyl groups is 1. The van der Waals surface area contributed by atoms with Gasteiger partial charge in [-0.3, -0.25) is 4.90 Å². The maximum atomic E-state index is 13.3. The molecular weight excluding hydrogens is 518 g/mol. The van der Waals surface area contributed by atoms with Crippen LogP contribution in [0.5, 0.6) is 5.75 Å². The quantitative estimate of drug-likeness (QED) is 0.357. The van der Waals surface area contributed by atoms with Crippen molar-refractivity contribution < 1.29 is 14.6 Å². The van der Waals surface area contributed by atoms with E-state index in [4.69, 9.17) is 4.74 Å². The molecule has 2 heterocycles. The van der Waals surface area contributed by atoms with Crippen molar-refractivity contribution in [2.24, 2.45) is 0 Å². The number of hydrogen-bond donors (Lipinski definition) is 1. The molecule has 3 aromatic rings. The molecule has 1 saturated carbocycles. The van der Waals surface area contributed by atoms with E-state index in [1.54, 1.807) is 6.07 Å². The maximum absolute atomic E-state index is 13.3. The van der Waals surface area contributed by atoms with Gasteiger partial charge in [0.15, 0.2) is 0 Å². The van der Waals surface area contributed by atoms with Crippen LogP contribution in [0.4, 0.5) is 5.69 Å². The summed E-state index contributed by atoms with van der Waals surface area (Å²) in [4.78, 5) is 18.2. The molecule has 0 bridgehead atoms. The number of anilines is 1. The monoisotopic (exact) mass is 553 g/mol. The molecule has 0 spiro atoms. The van der Waals surface area contributed by atoms with Crippen molar-refractivity contribution in [2.75, 3.05) is 37.7 Å². The Labute approximate surface area is 222 Å². The highest BCUT2D eigenvalue weighted by Gasteiger charge is 2.30. The number of carbonyl (C=O) groups excluding carboxylic acids is 1. The van der Waals surface area contributed by atoms with Gasteiger partial charge in [0.2, 0.25) is 0 Å². The molecule has 0 radical (unpaired) electrons. The molecule has 2 fully saturated rings. The van der Waals surface area contributed by atoms with Gasteiger partial charge < -0.3 is 19.3 Å². The molecule has 2 aromatic carbocycles. The highest BCUT2D eigenvalue weighted by Crippen LogP contribution is 2.40. The number of fused-ring (bicyclic) bond motifs is 1. The number of rotatable bonds is 6. The molecule has 192 valence electrons. The van der Waals surface area contributed by atoms with E-state index < -0.39 is 0 Å². The fourth-order valence-electron chi connectivity index (χ4n) is 5.85. The van der Waals surface area contributed by atoms with Crippen LogP contribution in [0.1, 0.15) is 66.7 Å². The fourth-order valence-corrected chi connectivity index (χ4v) is 6.18. The highest BCUT2D eigenvalue weighted by atomic mass is 79.9. The van der Waals surface area contributed by atoms with Crippen LogP contribution in [0.25, 0.3) is 10.9 Å². The number of hydrogen-bond acceptors (Lipinski definition) is 5. The summed E-state index contributed by atoms with van der Waals surface area (Å²) < 4.78 is 8.60. The summed E-state index contributed by atoms with van der Waals surface area (Å²) in [6.07, 6.45) is 5.89. The molecule has 0 atom stereocenters. The zero-order valence-electron chi connectivity index (χ0n) is 21.3. The topological polar surface area (TPSA) is 57.9 Å². The van der Waals surface area contributed by atoms with E-state index in [2.05, 4.69) is 61.5 Å². The van der Waals surface area contributed by atoms with Crippen LogP contribution >= 0.6 is 15.9 Å². The predicted molar refractivity (Wildman–Crippen MR) is 148 cm³/mol. The van der Waals surface area contributed by atoms with Gasteiger partial charge in [-0.05, 0) is 66.9 Å². The molecule has 7 heteroatoms. The third-order valence-corrected chi connectivity index (χ3v) is 8.37. The van der Waals surface area contributed by atoms with Crippen molar-refractivity contribution in [3.63, 3.8) is 0 Å². The van der Waals surface area contributed by atoms with Gasteiger partial charge in [0.25, 0.3) is 0 Å². The summed E-state index contributed by atoms with van der Waals surface area (Å²) in [5, 5.41) is 11.3. The maximum Gasteiger partial charge on any atom is 0.340 e. The number of esters is 1. The summed E-state index contributed by atoms with van der Waals surface area (Å²) in [6, 6.07) is 12.8. The number of carbonyl (C=O) groups is 1. The fraction of sp³-hybridized carbons (Fsp3) is 0.483. The van der Waals surface area contributed by atoms with E-state index in [1.165, 1.54) is 30.5 Å². The second-order valence-corrected chi connectivity index (χ2v) is 11.0. The lowest BCUT2D eigenvalue weighted by atomic mass is 9.95. The van der Waals surface area contributed by atoms with Crippen LogP contribution in [0.15, 0.2) is 40.9 Å². The number of halogens is 1. The molecular formula is C29H36BrN3O3. The molecule has 6 nitrogen and oxygen atoms in total. The van der Waals surface area contributed by atoms with Crippen molar-refractivity contribution in [1.82, 2.24) is 9.47 Å². The molecule has 1 N–H and O–H groups in total. The van der Waals surface area contributed by atoms with Crippen LogP contribution in [0, 0.1) is 6.92 Å². The number of piperazine rings is 1. The van der Waals surface area contributed by atoms with Crippen molar-refractivity contribution >= 4 is 38.5 Å². The Kier molecular flexibility index (Phi) is 7.58. The van der Waals surface area contributed by atoms with Gasteiger partial charge in [-0.15, -0.1) is 0 Å². The Morgan fingerprint density at radius 2 is 1.75 bits per heavy atom. The standard InChI is InChI=1S/C29H36BrN3O3/c1-3-36-29(35)28-23-17-27(34)24(30)18-25(23)33(22-7-5-4-6-8-22)26(28)19-31-13-15-32(16-14-31)21-11-9-20(2)10-12-21/h9-12,17-18,22,34H,3-8,13-16,19H2,1-2H3. The largest absolute Gasteiger partial charge is 0.507 e. The van der Waals surface area contributed by atoms with E-state index in [9.17, 15) is 9.90 Å². The molecule has 1 saturated heterocycles. The number of nitrogens with zero attached hydrogens (tertiary/aromatic N) is 3. The minimum Gasteiger partial charge on any atom is -0.507 e. The van der Waals surface area contributed by atoms with Crippen molar-refractivity contribution in [2.45, 2.75) is 58.5 Å². The molecule has 1 aliphatic carbocycles. The molecule has 36 heavy (non-hydrogen) atoms. The van der Waals surface area contributed by atoms with E-state index >= 15 is 0 Å². The van der Waals surface area contributed by atoms with Crippen LogP contribution in [-0.4, -0.2) is 53.3 Å². The highest BCUT2D eigenvalue weighted by molar-refractivity contribution is 9.10. The lowest BCUT2D eigenvalue weighted by Gasteiger charge is -2.37. The number of ether oxygens (including phenoxy) is 1. The first-order valence-electron chi connectivity index (χ1n) is 13.2. The first-order chi connectivity index (χ1) is 17.5. The summed E-state index contributed by atoms with van der Waals surface area (Å²) >= 11 is 3.51. The third-order valence-electron chi connectivity index (χ3n) is 7.74. The lowest BCUT2D eigenvalue weighted by Crippen LogP contribution is -2.46. The number of benzene rings is 2. The zero-order valence-corrected chi connectivity index (χ0v) is 22.9. The minimum absolute atomic E-state index is 0.145. The number of phenols is 1. The Morgan fingerprint density at radius 1 is 1.06 bits per heavy atom. The third kappa shape index (κ3) is 5.00. The van der Waals surface area contributed by atoms with Gasteiger partial charge in [0.05, 0.1) is 22.2 Å². The molecule has 1 aliphatic heterocycles. The molecule has 1 aromatic heterocycles. The number of aromatic nitrogens is 1. The van der Waals surface area contributed by atoms with Gasteiger partial charge in [0, 0.05) is 55.5 Å². The Hall–Kier alpha value is -2.51. The average molecular weight is 555 g/mol. The van der Waals surface area contributed by atoms with Crippen LogP contribution in [0.3, 0.4) is 0 Å². The minimum atomic E-state index is -0.299. The van der Waals surface area contributed by atoms with Gasteiger partial charge in [-0.2, -0.15) is 0 Å². The molecule has 5 rings (SSSR count). The summed E-state index contributed by atoms with van der Waals surface area (Å²) in [7, 11) is 0. The Balaban J connectivity index is 1.50. The van der Waals surface area contributed by atoms with E-state index in [-0.39, 0.29) is 11.7 Å². The van der Waals surface area contributed by atoms with Gasteiger partial charge in [-0.25, -0.2) is 4.79 Å². The first-order valence-corrected chi connectivity index (χ1v) is 14.0. The molecule has 0 amide bonds. The number of phenolic OH excluding ortho intramolecular Hbond substituents is 1. The van der Waals surface area contributed by atoms with Gasteiger partial charge in [-0.1, -0.05) is 37.0 Å². The molecule has 2 aliphatic rings. The average Bonchev–Trinajstić information content (AvgIpc) is 3.18. The van der Waals surface area contributed by atoms with Crippen LogP contribution < -0.4 is 4.90 Å².